The van der Waals surface area contributed by atoms with Gasteiger partial charge in [0.1, 0.15) is 16.4 Å². The van der Waals surface area contributed by atoms with Crippen LogP contribution in [0.3, 0.4) is 0 Å². The molecule has 0 saturated heterocycles. The van der Waals surface area contributed by atoms with E-state index in [-0.39, 0.29) is 11.1 Å². The normalized spacial score (nSPS) is 26.3. The van der Waals surface area contributed by atoms with Gasteiger partial charge in [0, 0.05) is 6.26 Å². The summed E-state index contributed by atoms with van der Waals surface area (Å²) in [4.78, 5) is 0. The van der Waals surface area contributed by atoms with E-state index in [9.17, 15) is 17.2 Å². The summed E-state index contributed by atoms with van der Waals surface area (Å²) in [5, 5.41) is 0. The molecule has 0 fully saturated rings. The minimum absolute atomic E-state index is 0.0567. The lowest BCUT2D eigenvalue weighted by molar-refractivity contribution is 0.232. The minimum atomic E-state index is -3.91. The quantitative estimate of drug-likeness (QED) is 0.759. The Bertz CT molecular complexity index is 950. The van der Waals surface area contributed by atoms with Gasteiger partial charge in [0.25, 0.3) is 0 Å². The molecule has 0 amide bonds. The van der Waals surface area contributed by atoms with E-state index in [0.29, 0.717) is 0 Å². The van der Waals surface area contributed by atoms with Crippen molar-refractivity contribution in [3.8, 4) is 0 Å². The number of hydrogen-bond acceptors (Lipinski definition) is 2. The van der Waals surface area contributed by atoms with Crippen LogP contribution in [0.5, 0.6) is 0 Å². The molecule has 2 unspecified atom stereocenters. The fourth-order valence-electron chi connectivity index (χ4n) is 2.91. The fourth-order valence-corrected chi connectivity index (χ4v) is 4.11. The third kappa shape index (κ3) is 2.80. The Morgan fingerprint density at radius 3 is 1.96 bits per heavy atom. The highest BCUT2D eigenvalue weighted by Gasteiger charge is 2.47. The largest absolute Gasteiger partial charge is 0.228 e. The molecule has 2 atom stereocenters. The maximum Gasteiger partial charge on any atom is 0.205 e. The molecule has 0 aliphatic heterocycles. The Labute approximate surface area is 144 Å². The van der Waals surface area contributed by atoms with Crippen LogP contribution in [0.2, 0.25) is 0 Å². The summed E-state index contributed by atoms with van der Waals surface area (Å²) in [5.74, 6) is -1.78. The molecule has 2 aromatic rings. The van der Waals surface area contributed by atoms with Gasteiger partial charge < -0.3 is 0 Å². The Morgan fingerprint density at radius 1 is 0.840 bits per heavy atom. The molecule has 130 valence electrons. The zero-order valence-electron chi connectivity index (χ0n) is 13.3. The molecule has 0 aromatic heterocycles. The second-order valence-corrected chi connectivity index (χ2v) is 8.20. The van der Waals surface area contributed by atoms with Crippen molar-refractivity contribution in [2.75, 3.05) is 6.26 Å². The van der Waals surface area contributed by atoms with E-state index in [1.807, 2.05) is 0 Å². The molecule has 2 aromatic carbocycles. The fraction of sp³-hybridized carbons (Fsp3) is 0.158. The van der Waals surface area contributed by atoms with E-state index in [1.165, 1.54) is 24.3 Å². The number of rotatable bonds is 3. The summed E-state index contributed by atoms with van der Waals surface area (Å²) < 4.78 is 66.1. The molecule has 0 N–H and O–H groups in total. The van der Waals surface area contributed by atoms with Crippen LogP contribution in [0.1, 0.15) is 11.1 Å². The van der Waals surface area contributed by atoms with E-state index < -0.39 is 31.9 Å². The maximum absolute atomic E-state index is 15.2. The first-order valence-corrected chi connectivity index (χ1v) is 9.37. The van der Waals surface area contributed by atoms with Crippen LogP contribution in [-0.4, -0.2) is 14.7 Å². The summed E-state index contributed by atoms with van der Waals surface area (Å²) >= 11 is 0. The lowest BCUT2D eigenvalue weighted by Gasteiger charge is -2.33. The molecule has 2 nitrogen and oxygen atoms in total. The Balaban J connectivity index is 2.19. The van der Waals surface area contributed by atoms with Crippen LogP contribution in [0, 0.1) is 5.82 Å². The van der Waals surface area contributed by atoms with Crippen molar-refractivity contribution >= 4 is 9.84 Å². The van der Waals surface area contributed by atoms with Gasteiger partial charge in [-0.1, -0.05) is 48.5 Å². The maximum atomic E-state index is 15.2. The molecule has 6 heteroatoms. The molecule has 3 rings (SSSR count). The monoisotopic (exact) mass is 364 g/mol. The van der Waals surface area contributed by atoms with Crippen LogP contribution in [-0.2, 0) is 20.3 Å². The van der Waals surface area contributed by atoms with Gasteiger partial charge in [-0.05, 0) is 35.4 Å². The van der Waals surface area contributed by atoms with E-state index in [1.54, 1.807) is 18.2 Å². The molecule has 25 heavy (non-hydrogen) atoms. The van der Waals surface area contributed by atoms with Gasteiger partial charge >= 0.3 is 0 Å². The lowest BCUT2D eigenvalue weighted by Crippen LogP contribution is -2.36. The molecule has 1 aliphatic rings. The summed E-state index contributed by atoms with van der Waals surface area (Å²) in [6, 6.07) is 12.3. The van der Waals surface area contributed by atoms with Crippen LogP contribution >= 0.6 is 0 Å². The van der Waals surface area contributed by atoms with Crippen molar-refractivity contribution < 1.29 is 21.6 Å². The van der Waals surface area contributed by atoms with Gasteiger partial charge in [-0.15, -0.1) is 0 Å². The summed E-state index contributed by atoms with van der Waals surface area (Å²) in [7, 11) is -3.91. The Hall–Kier alpha value is -2.34. The standard InChI is InChI=1S/C19H15F3O2S/c1-25(23,24)18(14-7-9-16(20)10-8-14)11-12-19(22,17(21)13-18)15-5-3-2-4-6-15/h2-13H,1H3. The third-order valence-corrected chi connectivity index (χ3v) is 6.07. The summed E-state index contributed by atoms with van der Waals surface area (Å²) in [6.07, 6.45) is 3.70. The van der Waals surface area contributed by atoms with Crippen LogP contribution in [0.15, 0.2) is 78.7 Å². The predicted octanol–water partition coefficient (Wildman–Crippen LogP) is 4.35. The first kappa shape index (κ1) is 17.5. The number of alkyl halides is 1. The molecular formula is C19H15F3O2S. The number of hydrogen-bond donors (Lipinski definition) is 0. The molecule has 1 aliphatic carbocycles. The van der Waals surface area contributed by atoms with Gasteiger partial charge in [-0.2, -0.15) is 0 Å². The second kappa shape index (κ2) is 5.88. The average molecular weight is 364 g/mol. The van der Waals surface area contributed by atoms with Gasteiger partial charge in [0.2, 0.25) is 5.67 Å². The third-order valence-electron chi connectivity index (χ3n) is 4.35. The zero-order chi connectivity index (χ0) is 18.3. The second-order valence-electron chi connectivity index (χ2n) is 5.98. The number of sulfone groups is 1. The van der Waals surface area contributed by atoms with Crippen molar-refractivity contribution in [2.24, 2.45) is 0 Å². The lowest BCUT2D eigenvalue weighted by atomic mass is 9.84. The molecular weight excluding hydrogens is 349 g/mol. The minimum Gasteiger partial charge on any atom is -0.228 e. The van der Waals surface area contributed by atoms with Crippen molar-refractivity contribution in [3.63, 3.8) is 0 Å². The van der Waals surface area contributed by atoms with Crippen molar-refractivity contribution in [1.29, 1.82) is 0 Å². The van der Waals surface area contributed by atoms with Crippen LogP contribution in [0.4, 0.5) is 13.2 Å². The highest BCUT2D eigenvalue weighted by Crippen LogP contribution is 2.46. The molecule has 0 radical (unpaired) electrons. The average Bonchev–Trinajstić information content (AvgIpc) is 2.58. The molecule has 0 heterocycles. The molecule has 0 saturated carbocycles. The van der Waals surface area contributed by atoms with E-state index in [0.717, 1.165) is 36.6 Å². The zero-order valence-corrected chi connectivity index (χ0v) is 14.1. The Kier molecular flexibility index (Phi) is 4.11. The number of halogens is 3. The van der Waals surface area contributed by atoms with E-state index >= 15 is 4.39 Å². The van der Waals surface area contributed by atoms with Crippen LogP contribution < -0.4 is 0 Å². The van der Waals surface area contributed by atoms with Gasteiger partial charge in [-0.25, -0.2) is 21.6 Å². The van der Waals surface area contributed by atoms with Gasteiger partial charge in [0.15, 0.2) is 9.84 Å². The van der Waals surface area contributed by atoms with E-state index in [2.05, 4.69) is 0 Å². The molecule has 0 bridgehead atoms. The van der Waals surface area contributed by atoms with Crippen molar-refractivity contribution in [1.82, 2.24) is 0 Å². The molecule has 0 spiro atoms. The van der Waals surface area contributed by atoms with E-state index in [4.69, 9.17) is 0 Å². The van der Waals surface area contributed by atoms with Crippen LogP contribution in [0.25, 0.3) is 0 Å². The smallest absolute Gasteiger partial charge is 0.205 e. The van der Waals surface area contributed by atoms with Crippen molar-refractivity contribution in [3.05, 3.63) is 95.6 Å². The summed E-state index contributed by atoms with van der Waals surface area (Å²) in [5.41, 5.74) is -2.35. The number of benzene rings is 2. The van der Waals surface area contributed by atoms with Gasteiger partial charge in [-0.3, -0.25) is 0 Å². The van der Waals surface area contributed by atoms with Gasteiger partial charge in [0.05, 0.1) is 0 Å². The van der Waals surface area contributed by atoms with Crippen molar-refractivity contribution in [2.45, 2.75) is 10.4 Å². The summed E-state index contributed by atoms with van der Waals surface area (Å²) in [6.45, 7) is 0. The highest BCUT2D eigenvalue weighted by molar-refractivity contribution is 7.92. The Morgan fingerprint density at radius 2 is 1.44 bits per heavy atom. The first-order chi connectivity index (χ1) is 11.7. The SMILES string of the molecule is CS(=O)(=O)C1(c2ccc(F)cc2)C=CC(F)(c2ccccc2)C(F)=C1. The highest BCUT2D eigenvalue weighted by atomic mass is 32.2. The topological polar surface area (TPSA) is 34.1 Å². The first-order valence-electron chi connectivity index (χ1n) is 7.48. The predicted molar refractivity (Wildman–Crippen MR) is 90.5 cm³/mol. The number of allylic oxidation sites excluding steroid dienone is 2.